The molecule has 0 aliphatic carbocycles. The molecule has 5 rings (SSSR count). The SMILES string of the molecule is COc1ccccc1N(C(=O)Cn1nnc2ccccc21)[C@H](C(=O)NC[C@H]1CCCO1)c1ccccc1. The largest absolute Gasteiger partial charge is 0.495 e. The number of fused-ring (bicyclic) bond motifs is 1. The monoisotopic (exact) mass is 499 g/mol. The van der Waals surface area contributed by atoms with Gasteiger partial charge in [-0.1, -0.05) is 59.8 Å². The van der Waals surface area contributed by atoms with E-state index >= 15 is 0 Å². The summed E-state index contributed by atoms with van der Waals surface area (Å²) in [7, 11) is 1.54. The summed E-state index contributed by atoms with van der Waals surface area (Å²) >= 11 is 0. The third kappa shape index (κ3) is 5.31. The predicted molar refractivity (Wildman–Crippen MR) is 139 cm³/mol. The number of para-hydroxylation sites is 3. The number of rotatable bonds is 9. The van der Waals surface area contributed by atoms with E-state index in [0.717, 1.165) is 18.4 Å². The number of carbonyl (C=O) groups excluding carboxylic acids is 2. The fourth-order valence-electron chi connectivity index (χ4n) is 4.65. The lowest BCUT2D eigenvalue weighted by molar-refractivity contribution is -0.127. The van der Waals surface area contributed by atoms with E-state index in [1.54, 1.807) is 23.9 Å². The van der Waals surface area contributed by atoms with Gasteiger partial charge in [0.1, 0.15) is 23.9 Å². The van der Waals surface area contributed by atoms with Gasteiger partial charge in [-0.2, -0.15) is 0 Å². The van der Waals surface area contributed by atoms with Crippen LogP contribution in [0, 0.1) is 0 Å². The Balaban J connectivity index is 1.55. The van der Waals surface area contributed by atoms with Crippen LogP contribution in [0.1, 0.15) is 24.4 Å². The summed E-state index contributed by atoms with van der Waals surface area (Å²) in [4.78, 5) is 29.4. The zero-order chi connectivity index (χ0) is 25.6. The van der Waals surface area contributed by atoms with Gasteiger partial charge in [0.15, 0.2) is 0 Å². The molecule has 9 heteroatoms. The van der Waals surface area contributed by atoms with E-state index < -0.39 is 6.04 Å². The topological polar surface area (TPSA) is 98.6 Å². The normalized spacial score (nSPS) is 15.9. The van der Waals surface area contributed by atoms with Gasteiger partial charge in [0.05, 0.1) is 24.4 Å². The molecule has 1 aliphatic rings. The van der Waals surface area contributed by atoms with E-state index in [0.29, 0.717) is 35.7 Å². The number of nitrogens with zero attached hydrogens (tertiary/aromatic N) is 4. The molecule has 9 nitrogen and oxygen atoms in total. The van der Waals surface area contributed by atoms with Crippen molar-refractivity contribution in [1.29, 1.82) is 0 Å². The van der Waals surface area contributed by atoms with Crippen molar-refractivity contribution in [3.8, 4) is 5.75 Å². The molecule has 0 radical (unpaired) electrons. The Morgan fingerprint density at radius 1 is 1.08 bits per heavy atom. The lowest BCUT2D eigenvalue weighted by atomic mass is 10.0. The number of nitrogens with one attached hydrogen (secondary N) is 1. The van der Waals surface area contributed by atoms with Crippen molar-refractivity contribution in [3.05, 3.63) is 84.4 Å². The zero-order valence-electron chi connectivity index (χ0n) is 20.6. The minimum atomic E-state index is -0.943. The molecule has 4 aromatic rings. The van der Waals surface area contributed by atoms with Crippen LogP contribution in [0.3, 0.4) is 0 Å². The standard InChI is InChI=1S/C28H29N5O4/c1-36-25-16-8-7-15-24(25)33(26(34)19-32-23-14-6-5-13-22(23)30-31-32)27(20-10-3-2-4-11-20)28(35)29-18-21-12-9-17-37-21/h2-8,10-11,13-16,21,27H,9,12,17-19H2,1H3,(H,29,35)/t21-,27+/m1/s1. The van der Waals surface area contributed by atoms with Gasteiger partial charge in [0.2, 0.25) is 11.8 Å². The number of carbonyl (C=O) groups is 2. The molecular formula is C28H29N5O4. The van der Waals surface area contributed by atoms with Gasteiger partial charge in [-0.15, -0.1) is 5.10 Å². The molecule has 2 heterocycles. The van der Waals surface area contributed by atoms with Crippen LogP contribution in [0.5, 0.6) is 5.75 Å². The Kier molecular flexibility index (Phi) is 7.41. The first-order valence-electron chi connectivity index (χ1n) is 12.3. The van der Waals surface area contributed by atoms with Crippen LogP contribution in [0.2, 0.25) is 0 Å². The minimum absolute atomic E-state index is 0.0303. The molecule has 2 amide bonds. The number of amides is 2. The van der Waals surface area contributed by atoms with Crippen molar-refractivity contribution in [3.63, 3.8) is 0 Å². The quantitative estimate of drug-likeness (QED) is 0.379. The van der Waals surface area contributed by atoms with Crippen molar-refractivity contribution in [1.82, 2.24) is 20.3 Å². The number of hydrogen-bond donors (Lipinski definition) is 1. The van der Waals surface area contributed by atoms with Crippen molar-refractivity contribution >= 4 is 28.5 Å². The highest BCUT2D eigenvalue weighted by Crippen LogP contribution is 2.35. The summed E-state index contributed by atoms with van der Waals surface area (Å²) in [6.07, 6.45) is 1.84. The molecule has 3 aromatic carbocycles. The predicted octanol–water partition coefficient (Wildman–Crippen LogP) is 3.51. The molecule has 0 unspecified atom stereocenters. The van der Waals surface area contributed by atoms with Crippen molar-refractivity contribution in [2.45, 2.75) is 31.5 Å². The summed E-state index contributed by atoms with van der Waals surface area (Å²) in [6.45, 7) is 0.963. The van der Waals surface area contributed by atoms with Crippen LogP contribution >= 0.6 is 0 Å². The van der Waals surface area contributed by atoms with Gasteiger partial charge in [0.25, 0.3) is 0 Å². The highest BCUT2D eigenvalue weighted by molar-refractivity contribution is 6.02. The van der Waals surface area contributed by atoms with E-state index in [1.807, 2.05) is 66.7 Å². The summed E-state index contributed by atoms with van der Waals surface area (Å²) in [6, 6.07) is 23.0. The number of aromatic nitrogens is 3. The van der Waals surface area contributed by atoms with Gasteiger partial charge in [-0.25, -0.2) is 4.68 Å². The van der Waals surface area contributed by atoms with Crippen molar-refractivity contribution in [2.75, 3.05) is 25.2 Å². The maximum Gasteiger partial charge on any atom is 0.249 e. The second-order valence-corrected chi connectivity index (χ2v) is 8.86. The summed E-state index contributed by atoms with van der Waals surface area (Å²) in [5, 5.41) is 11.4. The van der Waals surface area contributed by atoms with Crippen LogP contribution in [0.4, 0.5) is 5.69 Å². The number of benzene rings is 3. The van der Waals surface area contributed by atoms with Crippen LogP contribution in [-0.4, -0.2) is 53.2 Å². The molecule has 37 heavy (non-hydrogen) atoms. The number of ether oxygens (including phenoxy) is 2. The van der Waals surface area contributed by atoms with E-state index in [-0.39, 0.29) is 24.5 Å². The zero-order valence-corrected chi connectivity index (χ0v) is 20.6. The molecule has 2 atom stereocenters. The van der Waals surface area contributed by atoms with Crippen LogP contribution < -0.4 is 15.0 Å². The smallest absolute Gasteiger partial charge is 0.249 e. The van der Waals surface area contributed by atoms with Gasteiger partial charge in [0, 0.05) is 13.2 Å². The molecular weight excluding hydrogens is 470 g/mol. The lowest BCUT2D eigenvalue weighted by Gasteiger charge is -2.32. The molecule has 1 fully saturated rings. The third-order valence-corrected chi connectivity index (χ3v) is 6.47. The van der Waals surface area contributed by atoms with E-state index in [9.17, 15) is 9.59 Å². The first-order chi connectivity index (χ1) is 18.2. The second kappa shape index (κ2) is 11.2. The highest BCUT2D eigenvalue weighted by atomic mass is 16.5. The molecule has 190 valence electrons. The van der Waals surface area contributed by atoms with Crippen molar-refractivity contribution < 1.29 is 19.1 Å². The van der Waals surface area contributed by atoms with Crippen molar-refractivity contribution in [2.24, 2.45) is 0 Å². The third-order valence-electron chi connectivity index (χ3n) is 6.47. The molecule has 0 saturated carbocycles. The molecule has 1 aliphatic heterocycles. The highest BCUT2D eigenvalue weighted by Gasteiger charge is 2.35. The summed E-state index contributed by atoms with van der Waals surface area (Å²) in [5.41, 5.74) is 2.58. The Hall–Kier alpha value is -4.24. The molecule has 1 aromatic heterocycles. The van der Waals surface area contributed by atoms with E-state index in [1.165, 1.54) is 4.90 Å². The van der Waals surface area contributed by atoms with E-state index in [2.05, 4.69) is 15.6 Å². The second-order valence-electron chi connectivity index (χ2n) is 8.86. The Morgan fingerprint density at radius 2 is 1.84 bits per heavy atom. The first kappa shape index (κ1) is 24.5. The molecule has 1 N–H and O–H groups in total. The van der Waals surface area contributed by atoms with E-state index in [4.69, 9.17) is 9.47 Å². The van der Waals surface area contributed by atoms with Crippen LogP contribution in [-0.2, 0) is 20.9 Å². The average molecular weight is 500 g/mol. The Bertz CT molecular complexity index is 1370. The average Bonchev–Trinajstić information content (AvgIpc) is 3.61. The van der Waals surface area contributed by atoms with Gasteiger partial charge < -0.3 is 14.8 Å². The number of anilines is 1. The summed E-state index contributed by atoms with van der Waals surface area (Å²) < 4.78 is 12.9. The Labute approximate surface area is 215 Å². The number of methoxy groups -OCH3 is 1. The van der Waals surface area contributed by atoms with Crippen LogP contribution in [0.15, 0.2) is 78.9 Å². The lowest BCUT2D eigenvalue weighted by Crippen LogP contribution is -2.46. The fourth-order valence-corrected chi connectivity index (χ4v) is 4.65. The maximum atomic E-state index is 14.1. The summed E-state index contributed by atoms with van der Waals surface area (Å²) in [5.74, 6) is -0.155. The van der Waals surface area contributed by atoms with Gasteiger partial charge >= 0.3 is 0 Å². The van der Waals surface area contributed by atoms with Gasteiger partial charge in [-0.05, 0) is 42.7 Å². The minimum Gasteiger partial charge on any atom is -0.495 e. The molecule has 1 saturated heterocycles. The number of hydrogen-bond acceptors (Lipinski definition) is 6. The first-order valence-corrected chi connectivity index (χ1v) is 12.3. The maximum absolute atomic E-state index is 14.1. The fraction of sp³-hybridized carbons (Fsp3) is 0.286. The van der Waals surface area contributed by atoms with Crippen LogP contribution in [0.25, 0.3) is 11.0 Å². The van der Waals surface area contributed by atoms with Gasteiger partial charge in [-0.3, -0.25) is 14.5 Å². The molecule has 0 spiro atoms. The molecule has 0 bridgehead atoms. The Morgan fingerprint density at radius 3 is 2.62 bits per heavy atom.